The largest absolute Gasteiger partial charge is 0.372 e. The molecule has 0 spiro atoms. The highest BCUT2D eigenvalue weighted by atomic mass is 35.5. The average molecular weight is 429 g/mol. The Balaban J connectivity index is 1.60. The van der Waals surface area contributed by atoms with Crippen molar-refractivity contribution in [2.45, 2.75) is 26.1 Å². The van der Waals surface area contributed by atoms with Crippen molar-refractivity contribution in [2.24, 2.45) is 0 Å². The van der Waals surface area contributed by atoms with E-state index in [9.17, 15) is 9.59 Å². The van der Waals surface area contributed by atoms with Crippen LogP contribution in [0, 0.1) is 0 Å². The van der Waals surface area contributed by atoms with Crippen molar-refractivity contribution < 1.29 is 14.3 Å². The number of benzene rings is 2. The molecule has 1 fully saturated rings. The fourth-order valence-electron chi connectivity index (χ4n) is 3.63. The third-order valence-electron chi connectivity index (χ3n) is 4.85. The molecular formula is C22H21ClN2O3S. The summed E-state index contributed by atoms with van der Waals surface area (Å²) < 4.78 is 6.67. The summed E-state index contributed by atoms with van der Waals surface area (Å²) in [5.74, 6) is -0.439. The summed E-state index contributed by atoms with van der Waals surface area (Å²) in [5.41, 5.74) is 0.933. The number of fused-ring (bicyclic) bond motifs is 1. The van der Waals surface area contributed by atoms with Gasteiger partial charge in [0.15, 0.2) is 0 Å². The minimum absolute atomic E-state index is 0.0261. The zero-order chi connectivity index (χ0) is 20.5. The Bertz CT molecular complexity index is 1070. The number of amides is 2. The summed E-state index contributed by atoms with van der Waals surface area (Å²) in [5, 5.41) is 4.16. The first-order valence-corrected chi connectivity index (χ1v) is 10.7. The first-order chi connectivity index (χ1) is 13.9. The van der Waals surface area contributed by atoms with E-state index in [4.69, 9.17) is 16.3 Å². The van der Waals surface area contributed by atoms with Crippen LogP contribution in [0.15, 0.2) is 48.5 Å². The predicted molar refractivity (Wildman–Crippen MR) is 117 cm³/mol. The highest BCUT2D eigenvalue weighted by molar-refractivity contribution is 7.21. The maximum Gasteiger partial charge on any atom is 0.267 e. The van der Waals surface area contributed by atoms with Crippen molar-refractivity contribution >= 4 is 50.5 Å². The van der Waals surface area contributed by atoms with Crippen molar-refractivity contribution in [3.63, 3.8) is 0 Å². The summed E-state index contributed by atoms with van der Waals surface area (Å²) in [6.07, 6.45) is -0.0522. The molecule has 29 heavy (non-hydrogen) atoms. The molecule has 3 aromatic rings. The molecule has 1 saturated heterocycles. The summed E-state index contributed by atoms with van der Waals surface area (Å²) in [7, 11) is 0. The Morgan fingerprint density at radius 2 is 1.72 bits per heavy atom. The molecule has 1 N–H and O–H groups in total. The van der Waals surface area contributed by atoms with Gasteiger partial charge in [0.05, 0.1) is 28.5 Å². The molecule has 150 valence electrons. The van der Waals surface area contributed by atoms with Crippen LogP contribution >= 0.6 is 22.9 Å². The smallest absolute Gasteiger partial charge is 0.267 e. The van der Waals surface area contributed by atoms with Gasteiger partial charge in [-0.2, -0.15) is 0 Å². The molecule has 0 radical (unpaired) electrons. The number of nitrogens with one attached hydrogen (secondary N) is 1. The van der Waals surface area contributed by atoms with Gasteiger partial charge in [-0.3, -0.25) is 9.59 Å². The van der Waals surface area contributed by atoms with Crippen LogP contribution in [0.25, 0.3) is 10.1 Å². The highest BCUT2D eigenvalue weighted by Gasteiger charge is 2.28. The minimum atomic E-state index is -0.319. The lowest BCUT2D eigenvalue weighted by Gasteiger charge is -2.35. The summed E-state index contributed by atoms with van der Waals surface area (Å²) in [6, 6.07) is 14.7. The summed E-state index contributed by atoms with van der Waals surface area (Å²) in [4.78, 5) is 28.3. The first-order valence-electron chi connectivity index (χ1n) is 9.46. The van der Waals surface area contributed by atoms with Gasteiger partial charge in [-0.25, -0.2) is 0 Å². The van der Waals surface area contributed by atoms with Crippen LogP contribution in [0.5, 0.6) is 0 Å². The second kappa shape index (κ2) is 8.14. The molecule has 7 heteroatoms. The van der Waals surface area contributed by atoms with Gasteiger partial charge >= 0.3 is 0 Å². The Kier molecular flexibility index (Phi) is 5.58. The molecule has 1 aromatic heterocycles. The highest BCUT2D eigenvalue weighted by Crippen LogP contribution is 2.35. The number of hydrogen-bond acceptors (Lipinski definition) is 4. The lowest BCUT2D eigenvalue weighted by molar-refractivity contribution is -0.0585. The van der Waals surface area contributed by atoms with Crippen LogP contribution < -0.4 is 5.32 Å². The normalized spacial score (nSPS) is 19.3. The number of anilines is 1. The third-order valence-corrected chi connectivity index (χ3v) is 6.53. The molecule has 4 rings (SSSR count). The van der Waals surface area contributed by atoms with Gasteiger partial charge in [-0.05, 0) is 32.0 Å². The Morgan fingerprint density at radius 3 is 2.45 bits per heavy atom. The number of rotatable bonds is 3. The van der Waals surface area contributed by atoms with Gasteiger partial charge in [-0.1, -0.05) is 41.9 Å². The van der Waals surface area contributed by atoms with E-state index < -0.39 is 0 Å². The fraction of sp³-hybridized carbons (Fsp3) is 0.273. The van der Waals surface area contributed by atoms with Crippen molar-refractivity contribution in [3.05, 3.63) is 64.0 Å². The Labute approximate surface area is 178 Å². The number of morpholine rings is 1. The predicted octanol–water partition coefficient (Wildman–Crippen LogP) is 5.06. The molecule has 0 unspecified atom stereocenters. The van der Waals surface area contributed by atoms with E-state index >= 15 is 0 Å². The van der Waals surface area contributed by atoms with Gasteiger partial charge < -0.3 is 15.0 Å². The number of carbonyl (C=O) groups excluding carboxylic acids is 2. The minimum Gasteiger partial charge on any atom is -0.372 e. The van der Waals surface area contributed by atoms with Gasteiger partial charge in [-0.15, -0.1) is 11.3 Å². The van der Waals surface area contributed by atoms with Crippen LogP contribution in [0.4, 0.5) is 5.69 Å². The van der Waals surface area contributed by atoms with E-state index in [0.29, 0.717) is 34.2 Å². The van der Waals surface area contributed by atoms with Crippen LogP contribution in [-0.4, -0.2) is 42.0 Å². The SMILES string of the molecule is C[C@@H]1CN(C(=O)c2ccccc2NC(=O)c2sc3ccccc3c2Cl)C[C@H](C)O1. The van der Waals surface area contributed by atoms with E-state index in [1.807, 2.05) is 38.1 Å². The molecule has 2 atom stereocenters. The van der Waals surface area contributed by atoms with Crippen LogP contribution in [0.2, 0.25) is 5.02 Å². The maximum absolute atomic E-state index is 13.1. The van der Waals surface area contributed by atoms with Crippen LogP contribution in [0.3, 0.4) is 0 Å². The van der Waals surface area contributed by atoms with E-state index in [1.165, 1.54) is 11.3 Å². The lowest BCUT2D eigenvalue weighted by Crippen LogP contribution is -2.48. The number of carbonyl (C=O) groups is 2. The van der Waals surface area contributed by atoms with Crippen molar-refractivity contribution in [3.8, 4) is 0 Å². The van der Waals surface area contributed by atoms with Crippen molar-refractivity contribution in [1.82, 2.24) is 4.90 Å². The molecule has 0 saturated carbocycles. The van der Waals surface area contributed by atoms with E-state index in [1.54, 1.807) is 29.2 Å². The third kappa shape index (κ3) is 4.01. The molecule has 2 amide bonds. The topological polar surface area (TPSA) is 58.6 Å². The van der Waals surface area contributed by atoms with Crippen LogP contribution in [-0.2, 0) is 4.74 Å². The fourth-order valence-corrected chi connectivity index (χ4v) is 5.04. The van der Waals surface area contributed by atoms with Crippen LogP contribution in [0.1, 0.15) is 33.9 Å². The molecule has 2 aromatic carbocycles. The zero-order valence-electron chi connectivity index (χ0n) is 16.1. The number of para-hydroxylation sites is 1. The quantitative estimate of drug-likeness (QED) is 0.634. The monoisotopic (exact) mass is 428 g/mol. The molecular weight excluding hydrogens is 408 g/mol. The lowest BCUT2D eigenvalue weighted by atomic mass is 10.1. The molecule has 1 aliphatic rings. The second-order valence-corrected chi connectivity index (χ2v) is 8.64. The number of halogens is 1. The average Bonchev–Trinajstić information content (AvgIpc) is 3.04. The summed E-state index contributed by atoms with van der Waals surface area (Å²) in [6.45, 7) is 4.95. The first kappa shape index (κ1) is 19.9. The molecule has 1 aliphatic heterocycles. The number of hydrogen-bond donors (Lipinski definition) is 1. The van der Waals surface area contributed by atoms with Gasteiger partial charge in [0.1, 0.15) is 4.88 Å². The van der Waals surface area contributed by atoms with Gasteiger partial charge in [0.25, 0.3) is 11.8 Å². The molecule has 0 aliphatic carbocycles. The van der Waals surface area contributed by atoms with Gasteiger partial charge in [0.2, 0.25) is 0 Å². The second-order valence-electron chi connectivity index (χ2n) is 7.21. The Morgan fingerprint density at radius 1 is 1.07 bits per heavy atom. The number of thiophene rings is 1. The molecule has 0 bridgehead atoms. The van der Waals surface area contributed by atoms with E-state index in [2.05, 4.69) is 5.32 Å². The standard InChI is InChI=1S/C22H21ClN2O3S/c1-13-11-25(12-14(2)28-13)22(27)15-7-3-5-9-17(15)24-21(26)20-19(23)16-8-4-6-10-18(16)29-20/h3-10,13-14H,11-12H2,1-2H3,(H,24,26)/t13-,14+. The maximum atomic E-state index is 13.1. The molecule has 5 nitrogen and oxygen atoms in total. The van der Waals surface area contributed by atoms with Crippen molar-refractivity contribution in [1.29, 1.82) is 0 Å². The zero-order valence-corrected chi connectivity index (χ0v) is 17.7. The van der Waals surface area contributed by atoms with Gasteiger partial charge in [0, 0.05) is 23.2 Å². The van der Waals surface area contributed by atoms with Crippen molar-refractivity contribution in [2.75, 3.05) is 18.4 Å². The molecule has 2 heterocycles. The summed E-state index contributed by atoms with van der Waals surface area (Å²) >= 11 is 7.77. The number of nitrogens with zero attached hydrogens (tertiary/aromatic N) is 1. The Hall–Kier alpha value is -2.41. The van der Waals surface area contributed by atoms with E-state index in [0.717, 1.165) is 10.1 Å². The van der Waals surface area contributed by atoms with E-state index in [-0.39, 0.29) is 24.0 Å². The number of ether oxygens (including phenoxy) is 1.